The summed E-state index contributed by atoms with van der Waals surface area (Å²) in [6, 6.07) is 11.2. The Morgan fingerprint density at radius 1 is 0.786 bits per heavy atom. The molecular formula is C20H24N2O4S2. The summed E-state index contributed by atoms with van der Waals surface area (Å²) in [7, 11) is 2.79. The number of carbonyl (C=O) groups is 2. The monoisotopic (exact) mass is 420 g/mol. The van der Waals surface area contributed by atoms with Gasteiger partial charge in [0.2, 0.25) is 0 Å². The molecule has 0 aliphatic heterocycles. The fraction of sp³-hybridized carbons (Fsp3) is 0.300. The first-order chi connectivity index (χ1) is 13.5. The van der Waals surface area contributed by atoms with Crippen LogP contribution in [-0.2, 0) is 0 Å². The first kappa shape index (κ1) is 22.3. The van der Waals surface area contributed by atoms with Crippen LogP contribution in [0.3, 0.4) is 0 Å². The van der Waals surface area contributed by atoms with Crippen LogP contribution in [0.25, 0.3) is 0 Å². The van der Waals surface area contributed by atoms with Crippen molar-refractivity contribution >= 4 is 33.4 Å². The zero-order valence-electron chi connectivity index (χ0n) is 15.8. The highest BCUT2D eigenvalue weighted by molar-refractivity contribution is 8.76. The second kappa shape index (κ2) is 11.1. The molecule has 150 valence electrons. The fourth-order valence-corrected chi connectivity index (χ4v) is 4.73. The van der Waals surface area contributed by atoms with E-state index in [0.717, 1.165) is 20.9 Å². The number of carbonyl (C=O) groups excluding carboxylic acids is 2. The zero-order chi connectivity index (χ0) is 20.5. The van der Waals surface area contributed by atoms with Crippen LogP contribution in [0, 0.1) is 13.8 Å². The topological polar surface area (TPSA) is 98.7 Å². The largest absolute Gasteiger partial charge is 0.395 e. The second-order valence-electron chi connectivity index (χ2n) is 6.12. The maximum Gasteiger partial charge on any atom is 0.252 e. The number of aliphatic hydroxyl groups is 2. The average Bonchev–Trinajstić information content (AvgIpc) is 2.69. The highest BCUT2D eigenvalue weighted by Crippen LogP contribution is 2.41. The molecule has 0 radical (unpaired) electrons. The van der Waals surface area contributed by atoms with E-state index in [1.807, 2.05) is 38.1 Å². The lowest BCUT2D eigenvalue weighted by Gasteiger charge is -2.12. The Labute approximate surface area is 172 Å². The number of hydrogen-bond acceptors (Lipinski definition) is 6. The predicted octanol–water partition coefficient (Wildman–Crippen LogP) is 2.55. The molecule has 6 nitrogen and oxygen atoms in total. The van der Waals surface area contributed by atoms with Gasteiger partial charge in [0.1, 0.15) is 0 Å². The summed E-state index contributed by atoms with van der Waals surface area (Å²) in [6.07, 6.45) is 0. The summed E-state index contributed by atoms with van der Waals surface area (Å²) < 4.78 is 0. The van der Waals surface area contributed by atoms with E-state index in [4.69, 9.17) is 10.2 Å². The van der Waals surface area contributed by atoms with Crippen LogP contribution in [0.15, 0.2) is 46.2 Å². The lowest BCUT2D eigenvalue weighted by Crippen LogP contribution is -2.27. The molecule has 0 atom stereocenters. The van der Waals surface area contributed by atoms with Gasteiger partial charge in [-0.3, -0.25) is 9.59 Å². The first-order valence-corrected chi connectivity index (χ1v) is 10.9. The molecule has 0 aliphatic carbocycles. The van der Waals surface area contributed by atoms with E-state index in [9.17, 15) is 9.59 Å². The van der Waals surface area contributed by atoms with Gasteiger partial charge >= 0.3 is 0 Å². The van der Waals surface area contributed by atoms with Crippen molar-refractivity contribution in [2.75, 3.05) is 26.3 Å². The maximum absolute atomic E-state index is 12.4. The average molecular weight is 421 g/mol. The number of aryl methyl sites for hydroxylation is 2. The molecule has 28 heavy (non-hydrogen) atoms. The van der Waals surface area contributed by atoms with Gasteiger partial charge in [0.25, 0.3) is 11.8 Å². The van der Waals surface area contributed by atoms with Gasteiger partial charge in [0, 0.05) is 22.9 Å². The molecule has 0 aromatic heterocycles. The molecule has 2 amide bonds. The van der Waals surface area contributed by atoms with Gasteiger partial charge in [-0.1, -0.05) is 44.8 Å². The highest BCUT2D eigenvalue weighted by Gasteiger charge is 2.16. The minimum atomic E-state index is -0.245. The molecule has 8 heteroatoms. The molecule has 0 bridgehead atoms. The van der Waals surface area contributed by atoms with Crippen LogP contribution in [-0.4, -0.2) is 48.3 Å². The number of hydrogen-bond donors (Lipinski definition) is 4. The molecule has 0 spiro atoms. The van der Waals surface area contributed by atoms with Crippen LogP contribution in [0.2, 0.25) is 0 Å². The molecule has 0 heterocycles. The Hall–Kier alpha value is -2.00. The van der Waals surface area contributed by atoms with Gasteiger partial charge in [-0.2, -0.15) is 0 Å². The Kier molecular flexibility index (Phi) is 8.85. The summed E-state index contributed by atoms with van der Waals surface area (Å²) in [5.41, 5.74) is 2.99. The van der Waals surface area contributed by atoms with Crippen LogP contribution in [0.1, 0.15) is 31.8 Å². The van der Waals surface area contributed by atoms with E-state index < -0.39 is 0 Å². The van der Waals surface area contributed by atoms with Gasteiger partial charge in [-0.05, 0) is 38.1 Å². The molecule has 2 aromatic rings. The quantitative estimate of drug-likeness (QED) is 0.466. The van der Waals surface area contributed by atoms with Crippen molar-refractivity contribution < 1.29 is 19.8 Å². The number of aliphatic hydroxyl groups excluding tert-OH is 2. The molecule has 0 saturated heterocycles. The van der Waals surface area contributed by atoms with Crippen LogP contribution in [0.4, 0.5) is 0 Å². The highest BCUT2D eigenvalue weighted by atomic mass is 33.1. The molecule has 0 aliphatic rings. The summed E-state index contributed by atoms with van der Waals surface area (Å²) in [6.45, 7) is 3.96. The normalized spacial score (nSPS) is 10.6. The SMILES string of the molecule is Cc1ccc(SSc2ccc(C)cc2C(=O)NCCO)c(C(=O)NCCO)c1. The Morgan fingerprint density at radius 3 is 1.54 bits per heavy atom. The summed E-state index contributed by atoms with van der Waals surface area (Å²) in [4.78, 5) is 26.3. The molecule has 2 aromatic carbocycles. The number of nitrogens with one attached hydrogen (secondary N) is 2. The van der Waals surface area contributed by atoms with Crippen LogP contribution in [0.5, 0.6) is 0 Å². The predicted molar refractivity (Wildman–Crippen MR) is 113 cm³/mol. The summed E-state index contributed by atoms with van der Waals surface area (Å²) in [5, 5.41) is 23.2. The van der Waals surface area contributed by atoms with Crippen molar-refractivity contribution in [2.45, 2.75) is 23.6 Å². The van der Waals surface area contributed by atoms with E-state index in [-0.39, 0.29) is 38.1 Å². The van der Waals surface area contributed by atoms with Crippen LogP contribution < -0.4 is 10.6 Å². The molecule has 0 fully saturated rings. The van der Waals surface area contributed by atoms with Crippen molar-refractivity contribution in [3.63, 3.8) is 0 Å². The van der Waals surface area contributed by atoms with Gasteiger partial charge < -0.3 is 20.8 Å². The van der Waals surface area contributed by atoms with Gasteiger partial charge in [-0.25, -0.2) is 0 Å². The fourth-order valence-electron chi connectivity index (χ4n) is 2.41. The summed E-state index contributed by atoms with van der Waals surface area (Å²) >= 11 is 0. The van der Waals surface area contributed by atoms with E-state index in [1.54, 1.807) is 12.1 Å². The third-order valence-electron chi connectivity index (χ3n) is 3.78. The molecule has 0 unspecified atom stereocenters. The number of rotatable bonds is 9. The Balaban J connectivity index is 2.22. The van der Waals surface area contributed by atoms with E-state index >= 15 is 0 Å². The lowest BCUT2D eigenvalue weighted by molar-refractivity contribution is 0.0934. The minimum Gasteiger partial charge on any atom is -0.395 e. The second-order valence-corrected chi connectivity index (χ2v) is 8.34. The molecular weight excluding hydrogens is 396 g/mol. The Bertz CT molecular complexity index is 773. The lowest BCUT2D eigenvalue weighted by atomic mass is 10.1. The number of benzene rings is 2. The van der Waals surface area contributed by atoms with Crippen molar-refractivity contribution in [2.24, 2.45) is 0 Å². The number of amides is 2. The minimum absolute atomic E-state index is 0.121. The third-order valence-corrected chi connectivity index (χ3v) is 6.26. The molecule has 0 saturated carbocycles. The van der Waals surface area contributed by atoms with E-state index in [0.29, 0.717) is 11.1 Å². The third kappa shape index (κ3) is 6.27. The molecule has 2 rings (SSSR count). The van der Waals surface area contributed by atoms with Crippen molar-refractivity contribution in [3.05, 3.63) is 58.7 Å². The van der Waals surface area contributed by atoms with Crippen LogP contribution >= 0.6 is 21.6 Å². The standard InChI is InChI=1S/C20H24N2O4S2/c1-13-3-5-17(15(11-13)19(25)21-7-9-23)27-28-18-6-4-14(2)12-16(18)20(26)22-8-10-24/h3-6,11-12,23-24H,7-10H2,1-2H3,(H,21,25)(H,22,26). The maximum atomic E-state index is 12.4. The van der Waals surface area contributed by atoms with Gasteiger partial charge in [0.15, 0.2) is 0 Å². The smallest absolute Gasteiger partial charge is 0.252 e. The molecule has 4 N–H and O–H groups in total. The van der Waals surface area contributed by atoms with E-state index in [2.05, 4.69) is 10.6 Å². The van der Waals surface area contributed by atoms with Crippen molar-refractivity contribution in [1.82, 2.24) is 10.6 Å². The van der Waals surface area contributed by atoms with E-state index in [1.165, 1.54) is 21.6 Å². The Morgan fingerprint density at radius 2 is 1.18 bits per heavy atom. The van der Waals surface area contributed by atoms with Gasteiger partial charge in [-0.15, -0.1) is 0 Å². The van der Waals surface area contributed by atoms with Crippen molar-refractivity contribution in [3.8, 4) is 0 Å². The van der Waals surface area contributed by atoms with Crippen molar-refractivity contribution in [1.29, 1.82) is 0 Å². The summed E-state index contributed by atoms with van der Waals surface area (Å²) in [5.74, 6) is -0.490. The zero-order valence-corrected chi connectivity index (χ0v) is 17.5. The first-order valence-electron chi connectivity index (χ1n) is 8.80. The van der Waals surface area contributed by atoms with Gasteiger partial charge in [0.05, 0.1) is 24.3 Å².